The highest BCUT2D eigenvalue weighted by atomic mass is 19.3. The summed E-state index contributed by atoms with van der Waals surface area (Å²) in [5.74, 6) is -25.7. The van der Waals surface area contributed by atoms with Gasteiger partial charge in [-0.2, -0.15) is 8.78 Å². The van der Waals surface area contributed by atoms with Crippen LogP contribution in [0.3, 0.4) is 0 Å². The third-order valence-corrected chi connectivity index (χ3v) is 2.44. The molecule has 1 N–H and O–H groups in total. The largest absolute Gasteiger partial charge is 0.390 e. The van der Waals surface area contributed by atoms with Gasteiger partial charge in [-0.1, -0.05) is 0 Å². The van der Waals surface area contributed by atoms with E-state index in [1.165, 1.54) is 0 Å². The zero-order valence-electron chi connectivity index (χ0n) is 9.51. The zero-order chi connectivity index (χ0) is 16.7. The highest BCUT2D eigenvalue weighted by molar-refractivity contribution is 5.29. The Morgan fingerprint density at radius 3 is 1.43 bits per heavy atom. The van der Waals surface area contributed by atoms with Gasteiger partial charge in [0, 0.05) is 0 Å². The van der Waals surface area contributed by atoms with E-state index in [2.05, 4.69) is 0 Å². The van der Waals surface area contributed by atoms with E-state index in [9.17, 15) is 43.9 Å². The molecular formula is C10H4F10O. The SMILES string of the molecule is OCC(F)(F)C(F)C(F)(F)c1c(F)c(F)c(F)c(F)c1F. The molecule has 0 bridgehead atoms. The van der Waals surface area contributed by atoms with Gasteiger partial charge in [0.15, 0.2) is 23.3 Å². The summed E-state index contributed by atoms with van der Waals surface area (Å²) in [5, 5.41) is 8.05. The molecule has 1 nitrogen and oxygen atoms in total. The van der Waals surface area contributed by atoms with Crippen molar-refractivity contribution in [3.63, 3.8) is 0 Å². The Labute approximate surface area is 109 Å². The second-order valence-corrected chi connectivity index (χ2v) is 3.85. The molecule has 0 aliphatic carbocycles. The fourth-order valence-corrected chi connectivity index (χ4v) is 1.37. The van der Waals surface area contributed by atoms with Gasteiger partial charge in [0.1, 0.15) is 12.2 Å². The van der Waals surface area contributed by atoms with Crippen LogP contribution in [0.25, 0.3) is 0 Å². The first-order chi connectivity index (χ1) is 9.39. The molecule has 120 valence electrons. The second kappa shape index (κ2) is 5.35. The van der Waals surface area contributed by atoms with E-state index in [1.807, 2.05) is 0 Å². The van der Waals surface area contributed by atoms with Crippen molar-refractivity contribution in [2.45, 2.75) is 18.0 Å². The van der Waals surface area contributed by atoms with Crippen LogP contribution in [0.5, 0.6) is 0 Å². The lowest BCUT2D eigenvalue weighted by Crippen LogP contribution is -2.46. The molecule has 21 heavy (non-hydrogen) atoms. The lowest BCUT2D eigenvalue weighted by molar-refractivity contribution is -0.202. The molecule has 11 heteroatoms. The van der Waals surface area contributed by atoms with Crippen LogP contribution in [-0.4, -0.2) is 23.8 Å². The maximum Gasteiger partial charge on any atom is 0.315 e. The average molecular weight is 330 g/mol. The van der Waals surface area contributed by atoms with E-state index in [4.69, 9.17) is 5.11 Å². The molecule has 1 aromatic carbocycles. The fraction of sp³-hybridized carbons (Fsp3) is 0.400. The van der Waals surface area contributed by atoms with Crippen molar-refractivity contribution in [3.05, 3.63) is 34.6 Å². The van der Waals surface area contributed by atoms with E-state index in [0.717, 1.165) is 0 Å². The van der Waals surface area contributed by atoms with Gasteiger partial charge in [0.25, 0.3) is 0 Å². The number of halogens is 10. The number of aliphatic hydroxyl groups excluding tert-OH is 1. The summed E-state index contributed by atoms with van der Waals surface area (Å²) < 4.78 is 129. The zero-order valence-corrected chi connectivity index (χ0v) is 9.51. The van der Waals surface area contributed by atoms with E-state index in [0.29, 0.717) is 0 Å². The van der Waals surface area contributed by atoms with Crippen LogP contribution in [0.2, 0.25) is 0 Å². The van der Waals surface area contributed by atoms with Gasteiger partial charge < -0.3 is 5.11 Å². The third kappa shape index (κ3) is 2.65. The summed E-state index contributed by atoms with van der Waals surface area (Å²) in [6.45, 7) is -2.47. The third-order valence-electron chi connectivity index (χ3n) is 2.44. The summed E-state index contributed by atoms with van der Waals surface area (Å²) in [4.78, 5) is 0. The smallest absolute Gasteiger partial charge is 0.315 e. The molecule has 0 spiro atoms. The van der Waals surface area contributed by atoms with E-state index >= 15 is 0 Å². The summed E-state index contributed by atoms with van der Waals surface area (Å²) >= 11 is 0. The Kier molecular flexibility index (Phi) is 4.47. The van der Waals surface area contributed by atoms with Crippen LogP contribution in [0.15, 0.2) is 0 Å². The lowest BCUT2D eigenvalue weighted by Gasteiger charge is -2.27. The predicted molar refractivity (Wildman–Crippen MR) is 47.1 cm³/mol. The first-order valence-corrected chi connectivity index (χ1v) is 4.92. The van der Waals surface area contributed by atoms with Gasteiger partial charge in [-0.15, -0.1) is 0 Å². The molecule has 0 saturated carbocycles. The summed E-state index contributed by atoms with van der Waals surface area (Å²) in [5.41, 5.74) is -3.04. The molecule has 0 aromatic heterocycles. The van der Waals surface area contributed by atoms with Crippen molar-refractivity contribution < 1.29 is 49.0 Å². The van der Waals surface area contributed by atoms with Gasteiger partial charge in [-0.05, 0) is 0 Å². The molecule has 1 aromatic rings. The van der Waals surface area contributed by atoms with Crippen molar-refractivity contribution in [1.29, 1.82) is 0 Å². The van der Waals surface area contributed by atoms with Gasteiger partial charge >= 0.3 is 11.8 Å². The number of hydrogen-bond acceptors (Lipinski definition) is 1. The van der Waals surface area contributed by atoms with Crippen molar-refractivity contribution >= 4 is 0 Å². The summed E-state index contributed by atoms with van der Waals surface area (Å²) in [6, 6.07) is 0. The van der Waals surface area contributed by atoms with Gasteiger partial charge in [0.2, 0.25) is 12.0 Å². The predicted octanol–water partition coefficient (Wildman–Crippen LogP) is 3.44. The van der Waals surface area contributed by atoms with E-state index in [1.54, 1.807) is 0 Å². The van der Waals surface area contributed by atoms with Crippen molar-refractivity contribution in [2.75, 3.05) is 6.61 Å². The number of benzene rings is 1. The average Bonchev–Trinajstić information content (AvgIpc) is 2.42. The van der Waals surface area contributed by atoms with Crippen LogP contribution >= 0.6 is 0 Å². The number of hydrogen-bond donors (Lipinski definition) is 1. The molecule has 0 saturated heterocycles. The molecule has 0 amide bonds. The standard InChI is InChI=1S/C10H4F10O/c11-3-2(4(12)6(14)7(15)5(3)13)10(19,20)8(16)9(17,18)1-21/h8,21H,1H2. The van der Waals surface area contributed by atoms with Crippen molar-refractivity contribution in [1.82, 2.24) is 0 Å². The highest BCUT2D eigenvalue weighted by Crippen LogP contribution is 2.44. The Bertz CT molecular complexity index is 526. The van der Waals surface area contributed by atoms with E-state index < -0.39 is 59.3 Å². The maximum atomic E-state index is 13.3. The molecule has 0 heterocycles. The summed E-state index contributed by atoms with van der Waals surface area (Å²) in [7, 11) is 0. The molecule has 1 atom stereocenters. The van der Waals surface area contributed by atoms with Crippen LogP contribution in [0, 0.1) is 29.1 Å². The summed E-state index contributed by atoms with van der Waals surface area (Å²) in [6.07, 6.45) is -4.72. The van der Waals surface area contributed by atoms with Crippen LogP contribution in [0.1, 0.15) is 5.56 Å². The molecule has 0 aliphatic heterocycles. The second-order valence-electron chi connectivity index (χ2n) is 3.85. The maximum absolute atomic E-state index is 13.3. The van der Waals surface area contributed by atoms with Crippen LogP contribution < -0.4 is 0 Å². The minimum atomic E-state index is -5.78. The van der Waals surface area contributed by atoms with Gasteiger partial charge in [-0.25, -0.2) is 35.1 Å². The fourth-order valence-electron chi connectivity index (χ4n) is 1.37. The number of alkyl halides is 5. The van der Waals surface area contributed by atoms with E-state index in [-0.39, 0.29) is 0 Å². The number of aliphatic hydroxyl groups is 1. The van der Waals surface area contributed by atoms with Crippen LogP contribution in [0.4, 0.5) is 43.9 Å². The quantitative estimate of drug-likeness (QED) is 0.509. The first-order valence-electron chi connectivity index (χ1n) is 4.92. The highest BCUT2D eigenvalue weighted by Gasteiger charge is 2.59. The molecule has 0 aliphatic rings. The number of rotatable bonds is 4. The first kappa shape index (κ1) is 17.5. The molecule has 1 rings (SSSR count). The van der Waals surface area contributed by atoms with Crippen molar-refractivity contribution in [3.8, 4) is 0 Å². The Balaban J connectivity index is 3.60. The Hall–Kier alpha value is -1.52. The van der Waals surface area contributed by atoms with Crippen LogP contribution in [-0.2, 0) is 5.92 Å². The Morgan fingerprint density at radius 2 is 1.10 bits per heavy atom. The normalized spacial score (nSPS) is 14.4. The van der Waals surface area contributed by atoms with Gasteiger partial charge in [0.05, 0.1) is 0 Å². The molecule has 1 unspecified atom stereocenters. The molecule has 0 radical (unpaired) electrons. The molecule has 0 fully saturated rings. The Morgan fingerprint density at radius 1 is 0.762 bits per heavy atom. The monoisotopic (exact) mass is 330 g/mol. The lowest BCUT2D eigenvalue weighted by atomic mass is 9.98. The molecular weight excluding hydrogens is 326 g/mol. The van der Waals surface area contributed by atoms with Crippen molar-refractivity contribution in [2.24, 2.45) is 0 Å². The van der Waals surface area contributed by atoms with Gasteiger partial charge in [-0.3, -0.25) is 0 Å². The topological polar surface area (TPSA) is 20.2 Å². The minimum Gasteiger partial charge on any atom is -0.390 e. The minimum absolute atomic E-state index is 2.47.